The molecule has 1 N–H and O–H groups in total. The van der Waals surface area contributed by atoms with Crippen molar-refractivity contribution in [3.8, 4) is 0 Å². The van der Waals surface area contributed by atoms with Gasteiger partial charge in [-0.1, -0.05) is 52.4 Å². The highest BCUT2D eigenvalue weighted by atomic mass is 32.1. The molecule has 1 aromatic heterocycles. The number of thiophene rings is 1. The number of allylic oxidation sites excluding steroid dienone is 1. The molecule has 0 saturated heterocycles. The van der Waals surface area contributed by atoms with Gasteiger partial charge in [0.1, 0.15) is 0 Å². The van der Waals surface area contributed by atoms with Crippen LogP contribution in [0.1, 0.15) is 86.0 Å². The summed E-state index contributed by atoms with van der Waals surface area (Å²) >= 11 is 1.47. The Bertz CT molecular complexity index is 543. The van der Waals surface area contributed by atoms with E-state index >= 15 is 0 Å². The molecule has 0 aliphatic rings. The Morgan fingerprint density at radius 1 is 0.958 bits per heavy atom. The summed E-state index contributed by atoms with van der Waals surface area (Å²) in [7, 11) is 0. The van der Waals surface area contributed by atoms with Gasteiger partial charge < -0.3 is 5.11 Å². The molecule has 1 heterocycles. The smallest absolute Gasteiger partial charge is 0.328 e. The predicted octanol–water partition coefficient (Wildman–Crippen LogP) is 5.82. The lowest BCUT2D eigenvalue weighted by atomic mass is 9.97. The van der Waals surface area contributed by atoms with Crippen LogP contribution >= 0.6 is 11.3 Å². The Hall–Kier alpha value is -1.42. The molecule has 0 fully saturated rings. The van der Waals surface area contributed by atoms with Gasteiger partial charge in [-0.25, -0.2) is 4.79 Å². The molecule has 0 saturated carbocycles. The van der Waals surface area contributed by atoms with Crippen LogP contribution in [0.5, 0.6) is 0 Å². The SMILES string of the molecule is CCCCCCc1csc(C(=O)/C=C/C(=O)O)c1CCCCCC. The maximum absolute atomic E-state index is 12.3. The van der Waals surface area contributed by atoms with E-state index in [9.17, 15) is 9.59 Å². The van der Waals surface area contributed by atoms with Gasteiger partial charge in [-0.15, -0.1) is 11.3 Å². The third-order valence-corrected chi connectivity index (χ3v) is 5.25. The number of carbonyl (C=O) groups is 2. The molecule has 0 aliphatic carbocycles. The average Bonchev–Trinajstić information content (AvgIpc) is 2.96. The highest BCUT2D eigenvalue weighted by Crippen LogP contribution is 2.27. The molecule has 3 nitrogen and oxygen atoms in total. The molecule has 0 aromatic carbocycles. The van der Waals surface area contributed by atoms with E-state index in [1.165, 1.54) is 61.5 Å². The zero-order valence-electron chi connectivity index (χ0n) is 15.0. The summed E-state index contributed by atoms with van der Waals surface area (Å²) in [5.41, 5.74) is 2.45. The summed E-state index contributed by atoms with van der Waals surface area (Å²) in [6.45, 7) is 4.39. The van der Waals surface area contributed by atoms with E-state index in [1.54, 1.807) is 0 Å². The van der Waals surface area contributed by atoms with Crippen LogP contribution in [0.25, 0.3) is 0 Å². The van der Waals surface area contributed by atoms with Gasteiger partial charge in [-0.2, -0.15) is 0 Å². The van der Waals surface area contributed by atoms with Crippen molar-refractivity contribution in [2.24, 2.45) is 0 Å². The molecule has 0 atom stereocenters. The van der Waals surface area contributed by atoms with E-state index in [2.05, 4.69) is 19.2 Å². The average molecular weight is 351 g/mol. The fraction of sp³-hybridized carbons (Fsp3) is 0.600. The number of carboxylic acid groups (broad SMARTS) is 1. The quantitative estimate of drug-likeness (QED) is 0.277. The largest absolute Gasteiger partial charge is 0.478 e. The molecule has 0 spiro atoms. The first-order valence-corrected chi connectivity index (χ1v) is 10.0. The van der Waals surface area contributed by atoms with Gasteiger partial charge in [0, 0.05) is 6.08 Å². The number of aliphatic carboxylic acids is 1. The van der Waals surface area contributed by atoms with Crippen molar-refractivity contribution in [3.63, 3.8) is 0 Å². The lowest BCUT2D eigenvalue weighted by molar-refractivity contribution is -0.131. The van der Waals surface area contributed by atoms with Gasteiger partial charge >= 0.3 is 5.97 Å². The van der Waals surface area contributed by atoms with Gasteiger partial charge in [0.2, 0.25) is 0 Å². The molecule has 24 heavy (non-hydrogen) atoms. The van der Waals surface area contributed by atoms with Crippen molar-refractivity contribution in [3.05, 3.63) is 33.5 Å². The lowest BCUT2D eigenvalue weighted by Crippen LogP contribution is -2.01. The highest BCUT2D eigenvalue weighted by Gasteiger charge is 2.16. The molecule has 0 amide bonds. The van der Waals surface area contributed by atoms with Crippen molar-refractivity contribution in [1.82, 2.24) is 0 Å². The fourth-order valence-corrected chi connectivity index (χ4v) is 3.88. The number of carboxylic acids is 1. The first-order chi connectivity index (χ1) is 11.6. The van der Waals surface area contributed by atoms with Crippen molar-refractivity contribution in [2.75, 3.05) is 0 Å². The van der Waals surface area contributed by atoms with Crippen LogP contribution in [0.3, 0.4) is 0 Å². The second-order valence-electron chi connectivity index (χ2n) is 6.23. The lowest BCUT2D eigenvalue weighted by Gasteiger charge is -2.07. The maximum atomic E-state index is 12.3. The molecule has 0 aliphatic heterocycles. The minimum atomic E-state index is -1.08. The molecule has 0 radical (unpaired) electrons. The summed E-state index contributed by atoms with van der Waals surface area (Å²) in [4.78, 5) is 23.7. The van der Waals surface area contributed by atoms with Gasteiger partial charge in [0.15, 0.2) is 5.78 Å². The monoisotopic (exact) mass is 350 g/mol. The summed E-state index contributed by atoms with van der Waals surface area (Å²) in [6, 6.07) is 0. The standard InChI is InChI=1S/C20H30O3S/c1-3-5-7-9-11-16-15-24-20(18(21)13-14-19(22)23)17(16)12-10-8-6-4-2/h13-15H,3-12H2,1-2H3,(H,22,23)/b14-13+. The summed E-state index contributed by atoms with van der Waals surface area (Å²) in [5, 5.41) is 10.8. The Kier molecular flexibility index (Phi) is 10.3. The molecule has 134 valence electrons. The van der Waals surface area contributed by atoms with E-state index in [0.29, 0.717) is 0 Å². The molecule has 4 heteroatoms. The second kappa shape index (κ2) is 12.0. The summed E-state index contributed by atoms with van der Waals surface area (Å²) in [6.07, 6.45) is 13.6. The second-order valence-corrected chi connectivity index (χ2v) is 7.11. The fourth-order valence-electron chi connectivity index (χ4n) is 2.80. The number of unbranched alkanes of at least 4 members (excludes halogenated alkanes) is 6. The van der Waals surface area contributed by atoms with Crippen LogP contribution in [0.15, 0.2) is 17.5 Å². The van der Waals surface area contributed by atoms with Crippen LogP contribution in [0.4, 0.5) is 0 Å². The zero-order valence-corrected chi connectivity index (χ0v) is 15.8. The van der Waals surface area contributed by atoms with E-state index in [1.807, 2.05) is 0 Å². The van der Waals surface area contributed by atoms with E-state index in [0.717, 1.165) is 42.2 Å². The molecular formula is C20H30O3S. The normalized spacial score (nSPS) is 11.2. The Balaban J connectivity index is 2.81. The number of rotatable bonds is 13. The van der Waals surface area contributed by atoms with E-state index < -0.39 is 5.97 Å². The Labute approximate surface area is 149 Å². The van der Waals surface area contributed by atoms with Crippen LogP contribution in [0, 0.1) is 0 Å². The zero-order chi connectivity index (χ0) is 17.8. The minimum absolute atomic E-state index is 0.173. The molecular weight excluding hydrogens is 320 g/mol. The van der Waals surface area contributed by atoms with Crippen molar-refractivity contribution < 1.29 is 14.7 Å². The van der Waals surface area contributed by atoms with Gasteiger partial charge in [0.05, 0.1) is 4.88 Å². The number of carbonyl (C=O) groups excluding carboxylic acids is 1. The van der Waals surface area contributed by atoms with Crippen LogP contribution in [-0.4, -0.2) is 16.9 Å². The van der Waals surface area contributed by atoms with Crippen molar-refractivity contribution in [2.45, 2.75) is 78.1 Å². The van der Waals surface area contributed by atoms with Crippen LogP contribution < -0.4 is 0 Å². The predicted molar refractivity (Wildman–Crippen MR) is 101 cm³/mol. The van der Waals surface area contributed by atoms with Gasteiger partial charge in [-0.3, -0.25) is 4.79 Å². The third-order valence-electron chi connectivity index (χ3n) is 4.16. The van der Waals surface area contributed by atoms with E-state index in [4.69, 9.17) is 5.11 Å². The maximum Gasteiger partial charge on any atom is 0.328 e. The number of hydrogen-bond donors (Lipinski definition) is 1. The molecule has 1 rings (SSSR count). The molecule has 0 bridgehead atoms. The van der Waals surface area contributed by atoms with E-state index in [-0.39, 0.29) is 5.78 Å². The van der Waals surface area contributed by atoms with Crippen LogP contribution in [-0.2, 0) is 17.6 Å². The Morgan fingerprint density at radius 2 is 1.58 bits per heavy atom. The summed E-state index contributed by atoms with van der Waals surface area (Å²) in [5.74, 6) is -1.25. The minimum Gasteiger partial charge on any atom is -0.478 e. The number of aryl methyl sites for hydroxylation is 1. The topological polar surface area (TPSA) is 54.4 Å². The molecule has 0 unspecified atom stereocenters. The molecule has 1 aromatic rings. The highest BCUT2D eigenvalue weighted by molar-refractivity contribution is 7.12. The third kappa shape index (κ3) is 7.43. The number of ketones is 1. The Morgan fingerprint density at radius 3 is 2.17 bits per heavy atom. The number of hydrogen-bond acceptors (Lipinski definition) is 3. The van der Waals surface area contributed by atoms with Gasteiger partial charge in [0.25, 0.3) is 0 Å². The summed E-state index contributed by atoms with van der Waals surface area (Å²) < 4.78 is 0. The van der Waals surface area contributed by atoms with Crippen LogP contribution in [0.2, 0.25) is 0 Å². The van der Waals surface area contributed by atoms with Crippen molar-refractivity contribution in [1.29, 1.82) is 0 Å². The van der Waals surface area contributed by atoms with Crippen molar-refractivity contribution >= 4 is 23.1 Å². The first kappa shape index (κ1) is 20.6. The van der Waals surface area contributed by atoms with Gasteiger partial charge in [-0.05, 0) is 48.3 Å². The first-order valence-electron chi connectivity index (χ1n) is 9.14.